The smallest absolute Gasteiger partial charge is 0.245 e. The Bertz CT molecular complexity index is 677. The molecule has 3 unspecified atom stereocenters. The summed E-state index contributed by atoms with van der Waals surface area (Å²) in [6.07, 6.45) is 0.502. The highest BCUT2D eigenvalue weighted by Gasteiger charge is 2.40. The molecule has 0 N–H and O–H groups in total. The van der Waals surface area contributed by atoms with Gasteiger partial charge in [-0.25, -0.2) is 8.42 Å². The molecule has 0 radical (unpaired) electrons. The molecule has 7 heteroatoms. The second kappa shape index (κ2) is 5.28. The molecule has 3 heterocycles. The Hall–Kier alpha value is -0.990. The fourth-order valence-electron chi connectivity index (χ4n) is 2.73. The Labute approximate surface area is 130 Å². The average Bonchev–Trinajstić information content (AvgIpc) is 3.29. The molecule has 0 bridgehead atoms. The van der Waals surface area contributed by atoms with Crippen LogP contribution in [-0.4, -0.2) is 51.4 Å². The molecule has 0 amide bonds. The van der Waals surface area contributed by atoms with Crippen molar-refractivity contribution in [2.75, 3.05) is 26.4 Å². The first kappa shape index (κ1) is 14.6. The van der Waals surface area contributed by atoms with Gasteiger partial charge in [0.1, 0.15) is 12.3 Å². The zero-order valence-electron chi connectivity index (χ0n) is 12.4. The third kappa shape index (κ3) is 2.68. The number of rotatable bonds is 6. The van der Waals surface area contributed by atoms with Gasteiger partial charge in [-0.2, -0.15) is 4.31 Å². The molecule has 3 atom stereocenters. The summed E-state index contributed by atoms with van der Waals surface area (Å²) in [7, 11) is -3.57. The topological polar surface area (TPSA) is 71.7 Å². The van der Waals surface area contributed by atoms with Crippen LogP contribution in [0.1, 0.15) is 23.7 Å². The lowest BCUT2D eigenvalue weighted by Gasteiger charge is -2.36. The molecule has 0 aromatic heterocycles. The van der Waals surface area contributed by atoms with Gasteiger partial charge in [-0.15, -0.1) is 0 Å². The minimum absolute atomic E-state index is 0.000732. The second-order valence-electron chi connectivity index (χ2n) is 5.98. The average molecular weight is 325 g/mol. The monoisotopic (exact) mass is 325 g/mol. The summed E-state index contributed by atoms with van der Waals surface area (Å²) in [5, 5.41) is 0. The summed E-state index contributed by atoms with van der Waals surface area (Å²) in [6, 6.07) is 5.25. The molecule has 1 aromatic carbocycles. The lowest BCUT2D eigenvalue weighted by Crippen LogP contribution is -2.49. The van der Waals surface area contributed by atoms with Crippen LogP contribution in [0.3, 0.4) is 0 Å². The van der Waals surface area contributed by atoms with Crippen molar-refractivity contribution in [1.29, 1.82) is 0 Å². The maximum atomic E-state index is 12.9. The van der Waals surface area contributed by atoms with Crippen molar-refractivity contribution in [1.82, 2.24) is 4.31 Å². The van der Waals surface area contributed by atoms with E-state index in [0.717, 1.165) is 17.5 Å². The Morgan fingerprint density at radius 1 is 1.23 bits per heavy atom. The van der Waals surface area contributed by atoms with E-state index in [-0.39, 0.29) is 18.4 Å². The molecule has 0 saturated carbocycles. The van der Waals surface area contributed by atoms with Gasteiger partial charge in [0.05, 0.1) is 30.8 Å². The molecule has 3 aliphatic rings. The molecule has 0 aliphatic carbocycles. The van der Waals surface area contributed by atoms with Gasteiger partial charge in [0.25, 0.3) is 0 Å². The Balaban J connectivity index is 1.63. The van der Waals surface area contributed by atoms with Crippen molar-refractivity contribution in [3.8, 4) is 0 Å². The maximum absolute atomic E-state index is 12.9. The zero-order valence-corrected chi connectivity index (χ0v) is 13.2. The van der Waals surface area contributed by atoms with E-state index in [2.05, 4.69) is 0 Å². The van der Waals surface area contributed by atoms with Crippen LogP contribution in [-0.2, 0) is 24.2 Å². The Morgan fingerprint density at radius 3 is 2.45 bits per heavy atom. The van der Waals surface area contributed by atoms with Gasteiger partial charge in [0, 0.05) is 13.0 Å². The van der Waals surface area contributed by atoms with E-state index in [1.165, 1.54) is 4.31 Å². The van der Waals surface area contributed by atoms with E-state index in [1.54, 1.807) is 12.1 Å². The van der Waals surface area contributed by atoms with Gasteiger partial charge < -0.3 is 14.2 Å². The summed E-state index contributed by atoms with van der Waals surface area (Å²) < 4.78 is 43.2. The highest BCUT2D eigenvalue weighted by atomic mass is 32.2. The van der Waals surface area contributed by atoms with Crippen LogP contribution in [0.2, 0.25) is 0 Å². The van der Waals surface area contributed by atoms with Gasteiger partial charge in [-0.3, -0.25) is 0 Å². The number of hydrogen-bond acceptors (Lipinski definition) is 5. The van der Waals surface area contributed by atoms with Crippen LogP contribution in [0, 0.1) is 6.92 Å². The van der Waals surface area contributed by atoms with E-state index in [4.69, 9.17) is 14.2 Å². The first-order valence-electron chi connectivity index (χ1n) is 7.53. The van der Waals surface area contributed by atoms with E-state index >= 15 is 0 Å². The standard InChI is InChI=1S/C15H19NO5S/c1-10-6-12(2-3-13(10)14-9-21-14)22(17,18)16(7-11-8-20-11)15-4-5-19-15/h2-3,6,11,14-15H,4-5,7-9H2,1H3. The molecular formula is C15H19NO5S. The summed E-state index contributed by atoms with van der Waals surface area (Å²) in [5.74, 6) is 0. The molecule has 3 saturated heterocycles. The molecule has 6 nitrogen and oxygen atoms in total. The lowest BCUT2D eigenvalue weighted by molar-refractivity contribution is -0.113. The number of benzene rings is 1. The lowest BCUT2D eigenvalue weighted by atomic mass is 10.1. The van der Waals surface area contributed by atoms with E-state index in [0.29, 0.717) is 31.3 Å². The molecule has 4 rings (SSSR count). The number of nitrogens with zero attached hydrogens (tertiary/aromatic N) is 1. The molecular weight excluding hydrogens is 306 g/mol. The largest absolute Gasteiger partial charge is 0.372 e. The van der Waals surface area contributed by atoms with Crippen LogP contribution in [0.4, 0.5) is 0 Å². The summed E-state index contributed by atoms with van der Waals surface area (Å²) >= 11 is 0. The molecule has 22 heavy (non-hydrogen) atoms. The first-order valence-corrected chi connectivity index (χ1v) is 8.97. The third-order valence-corrected chi connectivity index (χ3v) is 6.16. The van der Waals surface area contributed by atoms with Crippen molar-refractivity contribution in [2.45, 2.75) is 36.7 Å². The molecule has 1 aromatic rings. The number of aryl methyl sites for hydroxylation is 1. The quantitative estimate of drug-likeness (QED) is 0.735. The van der Waals surface area contributed by atoms with Crippen molar-refractivity contribution >= 4 is 10.0 Å². The highest BCUT2D eigenvalue weighted by molar-refractivity contribution is 7.89. The number of hydrogen-bond donors (Lipinski definition) is 0. The van der Waals surface area contributed by atoms with Gasteiger partial charge in [0.2, 0.25) is 10.0 Å². The van der Waals surface area contributed by atoms with Crippen molar-refractivity contribution in [3.05, 3.63) is 29.3 Å². The zero-order chi connectivity index (χ0) is 15.3. The van der Waals surface area contributed by atoms with Crippen LogP contribution < -0.4 is 0 Å². The molecule has 3 fully saturated rings. The first-order chi connectivity index (χ1) is 10.6. The van der Waals surface area contributed by atoms with Crippen LogP contribution in [0.15, 0.2) is 23.1 Å². The summed E-state index contributed by atoms with van der Waals surface area (Å²) in [4.78, 5) is 0.311. The SMILES string of the molecule is Cc1cc(S(=O)(=O)N(CC2CO2)C2CCO2)ccc1C1CO1. The predicted molar refractivity (Wildman–Crippen MR) is 77.9 cm³/mol. The van der Waals surface area contributed by atoms with Gasteiger partial charge in [-0.05, 0) is 30.2 Å². The predicted octanol–water partition coefficient (Wildman–Crippen LogP) is 1.20. The maximum Gasteiger partial charge on any atom is 0.245 e. The summed E-state index contributed by atoms with van der Waals surface area (Å²) in [6.45, 7) is 4.23. The van der Waals surface area contributed by atoms with Gasteiger partial charge >= 0.3 is 0 Å². The van der Waals surface area contributed by atoms with E-state index in [1.807, 2.05) is 13.0 Å². The number of ether oxygens (including phenoxy) is 3. The highest BCUT2D eigenvalue weighted by Crippen LogP contribution is 2.34. The van der Waals surface area contributed by atoms with Crippen molar-refractivity contribution in [3.63, 3.8) is 0 Å². The van der Waals surface area contributed by atoms with Crippen LogP contribution >= 0.6 is 0 Å². The molecule has 3 aliphatic heterocycles. The van der Waals surface area contributed by atoms with Gasteiger partial charge in [0.15, 0.2) is 0 Å². The Kier molecular flexibility index (Phi) is 3.50. The minimum Gasteiger partial charge on any atom is -0.372 e. The minimum atomic E-state index is -3.57. The van der Waals surface area contributed by atoms with E-state index < -0.39 is 10.0 Å². The van der Waals surface area contributed by atoms with Gasteiger partial charge in [-0.1, -0.05) is 6.07 Å². The third-order valence-electron chi connectivity index (χ3n) is 4.31. The van der Waals surface area contributed by atoms with Crippen molar-refractivity contribution < 1.29 is 22.6 Å². The molecule has 0 spiro atoms. The summed E-state index contributed by atoms with van der Waals surface area (Å²) in [5.41, 5.74) is 2.01. The number of sulfonamides is 1. The second-order valence-corrected chi connectivity index (χ2v) is 7.88. The fraction of sp³-hybridized carbons (Fsp3) is 0.600. The fourth-order valence-corrected chi connectivity index (χ4v) is 4.40. The number of epoxide rings is 2. The molecule has 120 valence electrons. The van der Waals surface area contributed by atoms with E-state index in [9.17, 15) is 8.42 Å². The Morgan fingerprint density at radius 2 is 1.95 bits per heavy atom. The normalized spacial score (nSPS) is 30.2. The van der Waals surface area contributed by atoms with Crippen molar-refractivity contribution in [2.24, 2.45) is 0 Å². The van der Waals surface area contributed by atoms with Crippen LogP contribution in [0.5, 0.6) is 0 Å². The van der Waals surface area contributed by atoms with Crippen LogP contribution in [0.25, 0.3) is 0 Å².